The Bertz CT molecular complexity index is 2110. The summed E-state index contributed by atoms with van der Waals surface area (Å²) < 4.78 is 6.59. The van der Waals surface area contributed by atoms with E-state index in [2.05, 4.69) is 54.6 Å². The van der Waals surface area contributed by atoms with Gasteiger partial charge in [0, 0.05) is 32.8 Å². The third-order valence-electron chi connectivity index (χ3n) is 7.31. The third-order valence-corrected chi connectivity index (χ3v) is 7.31. The molecular formula is C35H21N3O. The van der Waals surface area contributed by atoms with Crippen LogP contribution in [0.2, 0.25) is 0 Å². The summed E-state index contributed by atoms with van der Waals surface area (Å²) >= 11 is 0. The summed E-state index contributed by atoms with van der Waals surface area (Å²) in [7, 11) is 0. The lowest BCUT2D eigenvalue weighted by Gasteiger charge is -2.09. The van der Waals surface area contributed by atoms with Crippen LogP contribution in [0.15, 0.2) is 132 Å². The van der Waals surface area contributed by atoms with E-state index in [4.69, 9.17) is 19.4 Å². The molecule has 0 N–H and O–H groups in total. The van der Waals surface area contributed by atoms with Gasteiger partial charge in [0.2, 0.25) is 0 Å². The molecule has 0 amide bonds. The van der Waals surface area contributed by atoms with E-state index in [0.29, 0.717) is 17.5 Å². The fraction of sp³-hybridized carbons (Fsp3) is 0. The van der Waals surface area contributed by atoms with Crippen LogP contribution in [-0.4, -0.2) is 15.0 Å². The smallest absolute Gasteiger partial charge is 0.164 e. The lowest BCUT2D eigenvalue weighted by Crippen LogP contribution is -2.00. The summed E-state index contributed by atoms with van der Waals surface area (Å²) in [5.41, 5.74) is 4.50. The minimum absolute atomic E-state index is 0.619. The maximum absolute atomic E-state index is 6.59. The first kappa shape index (κ1) is 21.7. The van der Waals surface area contributed by atoms with E-state index in [1.807, 2.05) is 72.8 Å². The second-order valence-electron chi connectivity index (χ2n) is 9.65. The molecule has 4 nitrogen and oxygen atoms in total. The topological polar surface area (TPSA) is 51.8 Å². The van der Waals surface area contributed by atoms with Gasteiger partial charge in [-0.15, -0.1) is 0 Å². The van der Waals surface area contributed by atoms with Crippen LogP contribution >= 0.6 is 0 Å². The number of hydrogen-bond acceptors (Lipinski definition) is 4. The lowest BCUT2D eigenvalue weighted by molar-refractivity contribution is 0.673. The molecule has 8 rings (SSSR count). The monoisotopic (exact) mass is 499 g/mol. The van der Waals surface area contributed by atoms with Gasteiger partial charge in [-0.3, -0.25) is 0 Å². The summed E-state index contributed by atoms with van der Waals surface area (Å²) in [6.45, 7) is 0. The molecular weight excluding hydrogens is 478 g/mol. The number of rotatable bonds is 3. The molecule has 39 heavy (non-hydrogen) atoms. The van der Waals surface area contributed by atoms with Crippen LogP contribution < -0.4 is 0 Å². The van der Waals surface area contributed by atoms with Crippen LogP contribution in [0.5, 0.6) is 0 Å². The van der Waals surface area contributed by atoms with Gasteiger partial charge in [0.05, 0.1) is 0 Å². The largest absolute Gasteiger partial charge is 0.455 e. The maximum Gasteiger partial charge on any atom is 0.164 e. The second kappa shape index (κ2) is 8.61. The number of fused-ring (bicyclic) bond motifs is 7. The van der Waals surface area contributed by atoms with Crippen molar-refractivity contribution in [1.82, 2.24) is 15.0 Å². The molecule has 0 fully saturated rings. The molecule has 8 aromatic rings. The summed E-state index contributed by atoms with van der Waals surface area (Å²) in [5.74, 6) is 1.90. The molecule has 0 unspecified atom stereocenters. The maximum atomic E-state index is 6.59. The first-order valence-corrected chi connectivity index (χ1v) is 13.0. The van der Waals surface area contributed by atoms with Crippen molar-refractivity contribution in [3.8, 4) is 34.2 Å². The van der Waals surface area contributed by atoms with Gasteiger partial charge in [0.1, 0.15) is 11.2 Å². The van der Waals surface area contributed by atoms with Gasteiger partial charge in [-0.25, -0.2) is 15.0 Å². The van der Waals surface area contributed by atoms with E-state index in [1.54, 1.807) is 0 Å². The number of aromatic nitrogens is 3. The zero-order valence-electron chi connectivity index (χ0n) is 20.9. The number of nitrogens with zero attached hydrogens (tertiary/aromatic N) is 3. The Morgan fingerprint density at radius 1 is 0.410 bits per heavy atom. The van der Waals surface area contributed by atoms with E-state index in [9.17, 15) is 0 Å². The first-order chi connectivity index (χ1) is 19.3. The molecule has 4 heteroatoms. The zero-order chi connectivity index (χ0) is 25.8. The van der Waals surface area contributed by atoms with Crippen molar-refractivity contribution in [3.05, 3.63) is 127 Å². The molecule has 0 radical (unpaired) electrons. The van der Waals surface area contributed by atoms with E-state index in [-0.39, 0.29) is 0 Å². The SMILES string of the molecule is c1ccc(-c2nc(-c3ccccc3)nc(-c3cccc4oc5c(ccc6ccc7ccccc7c65)c34)n2)cc1. The molecule has 0 saturated heterocycles. The Morgan fingerprint density at radius 3 is 1.77 bits per heavy atom. The van der Waals surface area contributed by atoms with Crippen LogP contribution in [0, 0.1) is 0 Å². The highest BCUT2D eigenvalue weighted by Gasteiger charge is 2.19. The average Bonchev–Trinajstić information content (AvgIpc) is 3.40. The van der Waals surface area contributed by atoms with E-state index in [0.717, 1.165) is 49.4 Å². The molecule has 6 aromatic carbocycles. The van der Waals surface area contributed by atoms with Crippen LogP contribution in [0.4, 0.5) is 0 Å². The summed E-state index contributed by atoms with van der Waals surface area (Å²) in [6.07, 6.45) is 0. The van der Waals surface area contributed by atoms with Gasteiger partial charge in [-0.1, -0.05) is 115 Å². The fourth-order valence-corrected chi connectivity index (χ4v) is 5.49. The highest BCUT2D eigenvalue weighted by atomic mass is 16.3. The minimum Gasteiger partial charge on any atom is -0.455 e. The fourth-order valence-electron chi connectivity index (χ4n) is 5.49. The Balaban J connectivity index is 1.44. The first-order valence-electron chi connectivity index (χ1n) is 13.0. The number of hydrogen-bond donors (Lipinski definition) is 0. The average molecular weight is 500 g/mol. The van der Waals surface area contributed by atoms with Crippen molar-refractivity contribution in [1.29, 1.82) is 0 Å². The Hall–Kier alpha value is -5.35. The molecule has 2 heterocycles. The van der Waals surface area contributed by atoms with Gasteiger partial charge in [-0.2, -0.15) is 0 Å². The molecule has 0 saturated carbocycles. The molecule has 0 spiro atoms. The molecule has 0 aliphatic carbocycles. The molecule has 2 aromatic heterocycles. The molecule has 182 valence electrons. The zero-order valence-corrected chi connectivity index (χ0v) is 20.9. The summed E-state index contributed by atoms with van der Waals surface area (Å²) in [5, 5.41) is 6.70. The predicted molar refractivity (Wildman–Crippen MR) is 158 cm³/mol. The van der Waals surface area contributed by atoms with E-state index >= 15 is 0 Å². The van der Waals surface area contributed by atoms with Crippen molar-refractivity contribution in [2.24, 2.45) is 0 Å². The summed E-state index contributed by atoms with van der Waals surface area (Å²) in [4.78, 5) is 14.8. The van der Waals surface area contributed by atoms with Crippen LogP contribution in [0.1, 0.15) is 0 Å². The number of furan rings is 1. The van der Waals surface area contributed by atoms with Crippen molar-refractivity contribution in [2.45, 2.75) is 0 Å². The van der Waals surface area contributed by atoms with Gasteiger partial charge >= 0.3 is 0 Å². The standard InChI is InChI=1S/C35H21N3O/c1-3-11-24(12-4-1)33-36-34(25-13-5-2-6-14-25)38-35(37-33)28-16-9-17-29-31(28)27-21-20-23-19-18-22-10-7-8-15-26(22)30(23)32(27)39-29/h1-21H. The second-order valence-corrected chi connectivity index (χ2v) is 9.65. The minimum atomic E-state index is 0.619. The van der Waals surface area contributed by atoms with Crippen molar-refractivity contribution >= 4 is 43.5 Å². The number of benzene rings is 6. The van der Waals surface area contributed by atoms with E-state index < -0.39 is 0 Å². The van der Waals surface area contributed by atoms with E-state index in [1.165, 1.54) is 10.8 Å². The van der Waals surface area contributed by atoms with Crippen molar-refractivity contribution in [3.63, 3.8) is 0 Å². The molecule has 0 bridgehead atoms. The molecule has 0 atom stereocenters. The van der Waals surface area contributed by atoms with Crippen molar-refractivity contribution < 1.29 is 4.42 Å². The van der Waals surface area contributed by atoms with Gasteiger partial charge in [0.15, 0.2) is 17.5 Å². The Kier molecular flexibility index (Phi) is 4.79. The highest BCUT2D eigenvalue weighted by Crippen LogP contribution is 2.41. The van der Waals surface area contributed by atoms with Crippen LogP contribution in [0.3, 0.4) is 0 Å². The molecule has 0 aliphatic rings. The highest BCUT2D eigenvalue weighted by molar-refractivity contribution is 6.24. The Labute approximate surface area is 224 Å². The van der Waals surface area contributed by atoms with Crippen LogP contribution in [-0.2, 0) is 0 Å². The summed E-state index contributed by atoms with van der Waals surface area (Å²) in [6, 6.07) is 43.3. The Morgan fingerprint density at radius 2 is 1.03 bits per heavy atom. The predicted octanol–water partition coefficient (Wildman–Crippen LogP) is 9.08. The van der Waals surface area contributed by atoms with Crippen molar-refractivity contribution in [2.75, 3.05) is 0 Å². The quantitative estimate of drug-likeness (QED) is 0.228. The lowest BCUT2D eigenvalue weighted by atomic mass is 9.98. The van der Waals surface area contributed by atoms with Gasteiger partial charge in [-0.05, 0) is 28.3 Å². The van der Waals surface area contributed by atoms with Gasteiger partial charge < -0.3 is 4.42 Å². The normalized spacial score (nSPS) is 11.6. The van der Waals surface area contributed by atoms with Gasteiger partial charge in [0.25, 0.3) is 0 Å². The molecule has 0 aliphatic heterocycles. The third kappa shape index (κ3) is 3.50. The van der Waals surface area contributed by atoms with Crippen LogP contribution in [0.25, 0.3) is 77.6 Å².